The van der Waals surface area contributed by atoms with E-state index in [0.717, 1.165) is 6.26 Å². The van der Waals surface area contributed by atoms with Crippen LogP contribution in [0.3, 0.4) is 0 Å². The maximum atomic E-state index is 10.9. The fraction of sp³-hybridized carbons (Fsp3) is 0.364. The van der Waals surface area contributed by atoms with Gasteiger partial charge >= 0.3 is 0 Å². The van der Waals surface area contributed by atoms with Gasteiger partial charge in [0.2, 0.25) is 0 Å². The van der Waals surface area contributed by atoms with E-state index in [2.05, 4.69) is 0 Å². The van der Waals surface area contributed by atoms with Gasteiger partial charge in [0.1, 0.15) is 18.1 Å². The van der Waals surface area contributed by atoms with Crippen molar-refractivity contribution in [2.45, 2.75) is 0 Å². The van der Waals surface area contributed by atoms with Gasteiger partial charge in [-0.05, 0) is 12.1 Å². The average molecular weight is 258 g/mol. The molecule has 0 aliphatic carbocycles. The Balaban J connectivity index is 2.77. The Morgan fingerprint density at radius 2 is 2.06 bits per heavy atom. The highest BCUT2D eigenvalue weighted by Gasteiger charge is 2.07. The Morgan fingerprint density at radius 3 is 2.59 bits per heavy atom. The Labute approximate surface area is 100 Å². The molecule has 0 aromatic heterocycles. The first-order valence-electron chi connectivity index (χ1n) is 4.90. The number of benzene rings is 1. The van der Waals surface area contributed by atoms with Crippen LogP contribution < -0.4 is 9.47 Å². The first-order chi connectivity index (χ1) is 7.96. The lowest BCUT2D eigenvalue weighted by Crippen LogP contribution is -2.12. The normalized spacial score (nSPS) is 10.9. The van der Waals surface area contributed by atoms with Crippen molar-refractivity contribution in [2.24, 2.45) is 0 Å². The molecule has 0 N–H and O–H groups in total. The van der Waals surface area contributed by atoms with Gasteiger partial charge in [0, 0.05) is 12.3 Å². The van der Waals surface area contributed by atoms with Crippen LogP contribution >= 0.6 is 0 Å². The molecule has 1 rings (SSSR count). The van der Waals surface area contributed by atoms with Gasteiger partial charge in [-0.15, -0.1) is 0 Å². The van der Waals surface area contributed by atoms with Crippen LogP contribution in [0.5, 0.6) is 11.5 Å². The molecule has 0 spiro atoms. The van der Waals surface area contributed by atoms with Crippen molar-refractivity contribution in [1.29, 1.82) is 0 Å². The maximum absolute atomic E-state index is 10.9. The van der Waals surface area contributed by atoms with Gasteiger partial charge in [-0.1, -0.05) is 0 Å². The lowest BCUT2D eigenvalue weighted by molar-refractivity contribution is 0.112. The molecule has 0 bridgehead atoms. The summed E-state index contributed by atoms with van der Waals surface area (Å²) in [4.78, 5) is 10.7. The van der Waals surface area contributed by atoms with E-state index in [1.165, 1.54) is 7.11 Å². The summed E-state index contributed by atoms with van der Waals surface area (Å²) in [6.45, 7) is 0.00679. The maximum Gasteiger partial charge on any atom is 0.153 e. The minimum atomic E-state index is -3.07. The zero-order valence-corrected chi connectivity index (χ0v) is 10.5. The number of hydrogen-bond acceptors (Lipinski definition) is 5. The summed E-state index contributed by atoms with van der Waals surface area (Å²) in [7, 11) is -1.58. The summed E-state index contributed by atoms with van der Waals surface area (Å²) < 4.78 is 32.1. The number of sulfone groups is 1. The highest BCUT2D eigenvalue weighted by atomic mass is 32.2. The van der Waals surface area contributed by atoms with E-state index in [1.54, 1.807) is 18.2 Å². The number of carbonyl (C=O) groups is 1. The molecule has 0 aliphatic rings. The zero-order chi connectivity index (χ0) is 12.9. The number of methoxy groups -OCH3 is 1. The highest BCUT2D eigenvalue weighted by Crippen LogP contribution is 2.23. The van der Waals surface area contributed by atoms with Crippen LogP contribution in [0.4, 0.5) is 0 Å². The topological polar surface area (TPSA) is 69.7 Å². The van der Waals surface area contributed by atoms with Crippen LogP contribution in [0.25, 0.3) is 0 Å². The van der Waals surface area contributed by atoms with Crippen molar-refractivity contribution < 1.29 is 22.7 Å². The number of hydrogen-bond donors (Lipinski definition) is 0. The fourth-order valence-corrected chi connectivity index (χ4v) is 1.55. The molecule has 0 aliphatic heterocycles. The SMILES string of the molecule is COc1ccc(C=O)c(OCCS(C)(=O)=O)c1. The van der Waals surface area contributed by atoms with Crippen LogP contribution in [0, 0.1) is 0 Å². The van der Waals surface area contributed by atoms with Crippen molar-refractivity contribution in [3.8, 4) is 11.5 Å². The van der Waals surface area contributed by atoms with Crippen LogP contribution in [-0.2, 0) is 9.84 Å². The molecule has 0 fully saturated rings. The summed E-state index contributed by atoms with van der Waals surface area (Å²) in [6, 6.07) is 4.74. The number of carbonyl (C=O) groups excluding carboxylic acids is 1. The summed E-state index contributed by atoms with van der Waals surface area (Å²) in [5, 5.41) is 0. The second-order valence-electron chi connectivity index (χ2n) is 3.50. The van der Waals surface area contributed by atoms with Crippen LogP contribution in [0.15, 0.2) is 18.2 Å². The standard InChI is InChI=1S/C11H14O5S/c1-15-10-4-3-9(8-12)11(7-10)16-5-6-17(2,13)14/h3-4,7-8H,5-6H2,1-2H3. The molecule has 0 saturated heterocycles. The third kappa shape index (κ3) is 4.44. The van der Waals surface area contributed by atoms with Gasteiger partial charge in [0.15, 0.2) is 16.1 Å². The minimum Gasteiger partial charge on any atom is -0.497 e. The van der Waals surface area contributed by atoms with Gasteiger partial charge < -0.3 is 9.47 Å². The largest absolute Gasteiger partial charge is 0.497 e. The fourth-order valence-electron chi connectivity index (χ4n) is 1.17. The van der Waals surface area contributed by atoms with Gasteiger partial charge in [-0.25, -0.2) is 8.42 Å². The molecule has 0 heterocycles. The monoisotopic (exact) mass is 258 g/mol. The van der Waals surface area contributed by atoms with E-state index in [-0.39, 0.29) is 12.4 Å². The predicted octanol–water partition coefficient (Wildman–Crippen LogP) is 0.931. The predicted molar refractivity (Wildman–Crippen MR) is 63.6 cm³/mol. The highest BCUT2D eigenvalue weighted by molar-refractivity contribution is 7.90. The molecule has 5 nitrogen and oxygen atoms in total. The van der Waals surface area contributed by atoms with Crippen LogP contribution in [0.2, 0.25) is 0 Å². The number of ether oxygens (including phenoxy) is 2. The van der Waals surface area contributed by atoms with E-state index >= 15 is 0 Å². The van der Waals surface area contributed by atoms with E-state index in [9.17, 15) is 13.2 Å². The summed E-state index contributed by atoms with van der Waals surface area (Å²) in [6.07, 6.45) is 1.78. The quantitative estimate of drug-likeness (QED) is 0.710. The smallest absolute Gasteiger partial charge is 0.153 e. The van der Waals surface area contributed by atoms with Gasteiger partial charge in [0.05, 0.1) is 18.4 Å². The lowest BCUT2D eigenvalue weighted by atomic mass is 10.2. The van der Waals surface area contributed by atoms with E-state index in [4.69, 9.17) is 9.47 Å². The van der Waals surface area contributed by atoms with Crippen molar-refractivity contribution in [2.75, 3.05) is 25.7 Å². The molecule has 1 aromatic rings. The molecular weight excluding hydrogens is 244 g/mol. The third-order valence-electron chi connectivity index (χ3n) is 2.06. The third-order valence-corrected chi connectivity index (χ3v) is 2.97. The van der Waals surface area contributed by atoms with Crippen molar-refractivity contribution in [1.82, 2.24) is 0 Å². The van der Waals surface area contributed by atoms with Crippen LogP contribution in [0.1, 0.15) is 10.4 Å². The molecule has 0 radical (unpaired) electrons. The molecule has 0 amide bonds. The summed E-state index contributed by atoms with van der Waals surface area (Å²) >= 11 is 0. The lowest BCUT2D eigenvalue weighted by Gasteiger charge is -2.09. The number of rotatable bonds is 6. The Hall–Kier alpha value is -1.56. The molecule has 0 saturated carbocycles. The summed E-state index contributed by atoms with van der Waals surface area (Å²) in [5.74, 6) is 0.774. The Bertz CT molecular complexity index is 493. The molecule has 0 unspecified atom stereocenters. The van der Waals surface area contributed by atoms with Crippen molar-refractivity contribution in [3.05, 3.63) is 23.8 Å². The molecule has 17 heavy (non-hydrogen) atoms. The Kier molecular flexibility index (Phi) is 4.51. The van der Waals surface area contributed by atoms with Gasteiger partial charge in [-0.3, -0.25) is 4.79 Å². The zero-order valence-electron chi connectivity index (χ0n) is 9.67. The Morgan fingerprint density at radius 1 is 1.35 bits per heavy atom. The van der Waals surface area contributed by atoms with E-state index in [0.29, 0.717) is 23.3 Å². The molecular formula is C11H14O5S. The second-order valence-corrected chi connectivity index (χ2v) is 5.76. The van der Waals surface area contributed by atoms with Crippen molar-refractivity contribution >= 4 is 16.1 Å². The van der Waals surface area contributed by atoms with Gasteiger partial charge in [-0.2, -0.15) is 0 Å². The van der Waals surface area contributed by atoms with Crippen molar-refractivity contribution in [3.63, 3.8) is 0 Å². The molecule has 1 aromatic carbocycles. The molecule has 6 heteroatoms. The number of aldehydes is 1. The minimum absolute atomic E-state index is 0.00679. The van der Waals surface area contributed by atoms with Gasteiger partial charge in [0.25, 0.3) is 0 Å². The first-order valence-corrected chi connectivity index (χ1v) is 6.96. The van der Waals surface area contributed by atoms with Crippen LogP contribution in [-0.4, -0.2) is 40.4 Å². The van der Waals surface area contributed by atoms with E-state index in [1.807, 2.05) is 0 Å². The van der Waals surface area contributed by atoms with E-state index < -0.39 is 9.84 Å². The first kappa shape index (κ1) is 13.5. The molecule has 94 valence electrons. The molecule has 0 atom stereocenters. The average Bonchev–Trinajstić information content (AvgIpc) is 2.27. The second kappa shape index (κ2) is 5.67. The summed E-state index contributed by atoms with van der Waals surface area (Å²) in [5.41, 5.74) is 0.360.